The molecule has 5 heteroatoms. The van der Waals surface area contributed by atoms with Crippen molar-refractivity contribution in [2.24, 2.45) is 7.05 Å². The van der Waals surface area contributed by atoms with Gasteiger partial charge in [-0.15, -0.1) is 0 Å². The van der Waals surface area contributed by atoms with E-state index < -0.39 is 0 Å². The first-order valence-corrected chi connectivity index (χ1v) is 7.26. The fraction of sp³-hybridized carbons (Fsp3) is 0.125. The molecule has 0 saturated heterocycles. The largest absolute Gasteiger partial charge is 0.275 e. The molecule has 2 heterocycles. The maximum absolute atomic E-state index is 14.2. The molecule has 0 atom stereocenters. The first kappa shape index (κ1) is 13.9. The summed E-state index contributed by atoms with van der Waals surface area (Å²) in [5.41, 5.74) is 3.79. The van der Waals surface area contributed by atoms with Crippen molar-refractivity contribution in [3.05, 3.63) is 58.6 Å². The van der Waals surface area contributed by atoms with Crippen LogP contribution >= 0.6 is 15.9 Å². The van der Waals surface area contributed by atoms with Gasteiger partial charge in [-0.2, -0.15) is 5.10 Å². The van der Waals surface area contributed by atoms with E-state index in [2.05, 4.69) is 26.0 Å². The van der Waals surface area contributed by atoms with E-state index >= 15 is 0 Å². The Labute approximate surface area is 130 Å². The third-order valence-electron chi connectivity index (χ3n) is 3.28. The molecule has 0 unspecified atom stereocenters. The molecule has 106 valence electrons. The maximum Gasteiger partial charge on any atom is 0.133 e. The van der Waals surface area contributed by atoms with Crippen LogP contribution < -0.4 is 0 Å². The number of rotatable bonds is 2. The molecule has 0 bridgehead atoms. The zero-order chi connectivity index (χ0) is 15.0. The maximum atomic E-state index is 14.2. The van der Waals surface area contributed by atoms with Crippen LogP contribution in [0.4, 0.5) is 4.39 Å². The number of nitrogens with zero attached hydrogens (tertiary/aromatic N) is 3. The van der Waals surface area contributed by atoms with Crippen molar-refractivity contribution in [3.8, 4) is 22.5 Å². The third-order valence-corrected chi connectivity index (χ3v) is 3.78. The lowest BCUT2D eigenvalue weighted by Crippen LogP contribution is -1.94. The van der Waals surface area contributed by atoms with E-state index in [1.165, 1.54) is 6.07 Å². The van der Waals surface area contributed by atoms with Gasteiger partial charge in [0.25, 0.3) is 0 Å². The molecule has 0 aliphatic heterocycles. The number of hydrogen-bond donors (Lipinski definition) is 0. The monoisotopic (exact) mass is 345 g/mol. The lowest BCUT2D eigenvalue weighted by Gasteiger charge is -2.08. The number of aromatic nitrogens is 3. The average Bonchev–Trinajstić information content (AvgIpc) is 2.87. The summed E-state index contributed by atoms with van der Waals surface area (Å²) in [4.78, 5) is 4.61. The van der Waals surface area contributed by atoms with Gasteiger partial charge in [0, 0.05) is 28.8 Å². The summed E-state index contributed by atoms with van der Waals surface area (Å²) in [6.07, 6.45) is 3.64. The predicted octanol–water partition coefficient (Wildman–Crippen LogP) is 4.36. The van der Waals surface area contributed by atoms with Gasteiger partial charge in [0.1, 0.15) is 5.82 Å². The second-order valence-corrected chi connectivity index (χ2v) is 5.80. The van der Waals surface area contributed by atoms with Gasteiger partial charge in [-0.25, -0.2) is 9.37 Å². The second kappa shape index (κ2) is 5.41. The summed E-state index contributed by atoms with van der Waals surface area (Å²) in [6.45, 7) is 1.93. The lowest BCUT2D eigenvalue weighted by atomic mass is 10.0. The van der Waals surface area contributed by atoms with Crippen molar-refractivity contribution >= 4 is 15.9 Å². The summed E-state index contributed by atoms with van der Waals surface area (Å²) >= 11 is 3.27. The van der Waals surface area contributed by atoms with Gasteiger partial charge in [-0.3, -0.25) is 4.68 Å². The number of halogens is 2. The molecule has 3 nitrogen and oxygen atoms in total. The molecule has 0 saturated carbocycles. The molecule has 0 radical (unpaired) electrons. The van der Waals surface area contributed by atoms with E-state index in [0.717, 1.165) is 16.8 Å². The van der Waals surface area contributed by atoms with Crippen molar-refractivity contribution < 1.29 is 4.39 Å². The van der Waals surface area contributed by atoms with E-state index in [-0.39, 0.29) is 5.82 Å². The number of hydrogen-bond acceptors (Lipinski definition) is 2. The molecule has 2 aromatic heterocycles. The van der Waals surface area contributed by atoms with Gasteiger partial charge < -0.3 is 0 Å². The summed E-state index contributed by atoms with van der Waals surface area (Å²) < 4.78 is 16.6. The summed E-state index contributed by atoms with van der Waals surface area (Å²) in [5.74, 6) is -0.289. The van der Waals surface area contributed by atoms with Crippen LogP contribution in [0.1, 0.15) is 5.56 Å². The van der Waals surface area contributed by atoms with Gasteiger partial charge >= 0.3 is 0 Å². The molecule has 0 spiro atoms. The standard InChI is InChI=1S/C16H13BrFN3/c1-10-3-6-15(11-8-19-21(2)9-11)20-16(10)13-5-4-12(17)7-14(13)18/h3-9H,1-2H3. The fourth-order valence-electron chi connectivity index (χ4n) is 2.20. The Bertz CT molecular complexity index is 811. The highest BCUT2D eigenvalue weighted by Gasteiger charge is 2.12. The fourth-order valence-corrected chi connectivity index (χ4v) is 2.53. The average molecular weight is 346 g/mol. The van der Waals surface area contributed by atoms with E-state index in [0.29, 0.717) is 15.7 Å². The van der Waals surface area contributed by atoms with Gasteiger partial charge in [0.2, 0.25) is 0 Å². The molecule has 21 heavy (non-hydrogen) atoms. The van der Waals surface area contributed by atoms with Crippen LogP contribution in [-0.4, -0.2) is 14.8 Å². The molecular weight excluding hydrogens is 333 g/mol. The zero-order valence-electron chi connectivity index (χ0n) is 11.6. The molecule has 3 rings (SSSR count). The van der Waals surface area contributed by atoms with Crippen molar-refractivity contribution in [2.75, 3.05) is 0 Å². The number of aryl methyl sites for hydroxylation is 2. The Kier molecular flexibility index (Phi) is 3.59. The minimum atomic E-state index is -0.289. The highest BCUT2D eigenvalue weighted by Crippen LogP contribution is 2.29. The highest BCUT2D eigenvalue weighted by atomic mass is 79.9. The van der Waals surface area contributed by atoms with Crippen molar-refractivity contribution in [1.29, 1.82) is 0 Å². The molecule has 0 fully saturated rings. The number of pyridine rings is 1. The summed E-state index contributed by atoms with van der Waals surface area (Å²) in [5, 5.41) is 4.14. The van der Waals surface area contributed by atoms with Crippen molar-refractivity contribution in [3.63, 3.8) is 0 Å². The van der Waals surface area contributed by atoms with E-state index in [4.69, 9.17) is 0 Å². The smallest absolute Gasteiger partial charge is 0.133 e. The topological polar surface area (TPSA) is 30.7 Å². The van der Waals surface area contributed by atoms with Crippen LogP contribution in [0, 0.1) is 12.7 Å². The Morgan fingerprint density at radius 3 is 2.67 bits per heavy atom. The highest BCUT2D eigenvalue weighted by molar-refractivity contribution is 9.10. The lowest BCUT2D eigenvalue weighted by molar-refractivity contribution is 0.629. The van der Waals surface area contributed by atoms with Crippen LogP contribution in [0.5, 0.6) is 0 Å². The van der Waals surface area contributed by atoms with Crippen molar-refractivity contribution in [2.45, 2.75) is 6.92 Å². The van der Waals surface area contributed by atoms with Crippen molar-refractivity contribution in [1.82, 2.24) is 14.8 Å². The Hall–Kier alpha value is -2.01. The van der Waals surface area contributed by atoms with Crippen LogP contribution in [0.25, 0.3) is 22.5 Å². The molecule has 0 N–H and O–H groups in total. The quantitative estimate of drug-likeness (QED) is 0.690. The number of benzene rings is 1. The molecule has 1 aromatic carbocycles. The zero-order valence-corrected chi connectivity index (χ0v) is 13.2. The van der Waals surface area contributed by atoms with E-state index in [1.807, 2.05) is 38.4 Å². The minimum absolute atomic E-state index is 0.289. The van der Waals surface area contributed by atoms with Gasteiger partial charge in [0.15, 0.2) is 0 Å². The summed E-state index contributed by atoms with van der Waals surface area (Å²) in [7, 11) is 1.85. The minimum Gasteiger partial charge on any atom is -0.275 e. The van der Waals surface area contributed by atoms with Gasteiger partial charge in [-0.1, -0.05) is 22.0 Å². The van der Waals surface area contributed by atoms with E-state index in [9.17, 15) is 4.39 Å². The van der Waals surface area contributed by atoms with Crippen LogP contribution in [0.15, 0.2) is 47.2 Å². The van der Waals surface area contributed by atoms with Crippen LogP contribution in [0.3, 0.4) is 0 Å². The van der Waals surface area contributed by atoms with Crippen LogP contribution in [0.2, 0.25) is 0 Å². The molecule has 0 aliphatic carbocycles. The first-order chi connectivity index (χ1) is 10.0. The third kappa shape index (κ3) is 2.74. The SMILES string of the molecule is Cc1ccc(-c2cnn(C)c2)nc1-c1ccc(Br)cc1F. The van der Waals surface area contributed by atoms with Gasteiger partial charge in [-0.05, 0) is 36.8 Å². The predicted molar refractivity (Wildman–Crippen MR) is 84.3 cm³/mol. The Morgan fingerprint density at radius 2 is 2.00 bits per heavy atom. The molecule has 0 aliphatic rings. The second-order valence-electron chi connectivity index (χ2n) is 4.89. The molecular formula is C16H13BrFN3. The Morgan fingerprint density at radius 1 is 1.19 bits per heavy atom. The van der Waals surface area contributed by atoms with Gasteiger partial charge in [0.05, 0.1) is 17.6 Å². The summed E-state index contributed by atoms with van der Waals surface area (Å²) in [6, 6.07) is 8.88. The molecule has 0 amide bonds. The first-order valence-electron chi connectivity index (χ1n) is 6.46. The Balaban J connectivity index is 2.14. The molecule has 3 aromatic rings. The normalized spacial score (nSPS) is 10.9. The van der Waals surface area contributed by atoms with E-state index in [1.54, 1.807) is 16.9 Å². The van der Waals surface area contributed by atoms with Crippen LogP contribution in [-0.2, 0) is 7.05 Å².